The van der Waals surface area contributed by atoms with Crippen molar-refractivity contribution in [1.29, 1.82) is 0 Å². The molecule has 1 saturated heterocycles. The Hall–Kier alpha value is -0.730. The van der Waals surface area contributed by atoms with Crippen molar-refractivity contribution in [2.75, 3.05) is 13.2 Å². The summed E-state index contributed by atoms with van der Waals surface area (Å²) in [4.78, 5) is 9.95. The molecule has 4 N–H and O–H groups in total. The van der Waals surface area contributed by atoms with Crippen molar-refractivity contribution in [3.05, 3.63) is 0 Å². The average molecular weight is 235 g/mol. The van der Waals surface area contributed by atoms with Gasteiger partial charge in [-0.25, -0.2) is 0 Å². The van der Waals surface area contributed by atoms with Gasteiger partial charge in [0.25, 0.3) is 0 Å². The highest BCUT2D eigenvalue weighted by molar-refractivity contribution is 5.45. The second-order valence-electron chi connectivity index (χ2n) is 3.62. The van der Waals surface area contributed by atoms with Crippen LogP contribution in [0.2, 0.25) is 0 Å². The van der Waals surface area contributed by atoms with E-state index in [1.165, 1.54) is 0 Å². The van der Waals surface area contributed by atoms with E-state index in [-0.39, 0.29) is 13.2 Å². The highest BCUT2D eigenvalue weighted by Crippen LogP contribution is 2.21. The van der Waals surface area contributed by atoms with Gasteiger partial charge in [0.05, 0.1) is 12.7 Å². The maximum atomic E-state index is 9.95. The molecular weight excluding hydrogens is 218 g/mol. The summed E-state index contributed by atoms with van der Waals surface area (Å²) in [5, 5.41) is 30.8. The monoisotopic (exact) mass is 235 g/mol. The summed E-state index contributed by atoms with van der Waals surface area (Å²) in [6.45, 7) is 2.00. The van der Waals surface area contributed by atoms with Crippen LogP contribution in [0.25, 0.3) is 0 Å². The molecule has 0 saturated carbocycles. The third-order valence-corrected chi connectivity index (χ3v) is 2.42. The van der Waals surface area contributed by atoms with Crippen LogP contribution in [0.1, 0.15) is 6.92 Å². The molecule has 0 aromatic heterocycles. The molecular formula is C9H17NO6. The van der Waals surface area contributed by atoms with Gasteiger partial charge in [-0.05, 0) is 6.92 Å². The van der Waals surface area contributed by atoms with Crippen molar-refractivity contribution in [1.82, 2.24) is 5.32 Å². The summed E-state index contributed by atoms with van der Waals surface area (Å²) in [6.07, 6.45) is -4.83. The Labute approximate surface area is 93.0 Å². The van der Waals surface area contributed by atoms with Gasteiger partial charge in [0.1, 0.15) is 18.3 Å². The Bertz CT molecular complexity index is 226. The van der Waals surface area contributed by atoms with Crippen molar-refractivity contribution in [2.24, 2.45) is 0 Å². The van der Waals surface area contributed by atoms with Gasteiger partial charge in [-0.15, -0.1) is 0 Å². The molecule has 0 aromatic carbocycles. The summed E-state index contributed by atoms with van der Waals surface area (Å²) in [7, 11) is 0. The zero-order valence-electron chi connectivity index (χ0n) is 8.94. The van der Waals surface area contributed by atoms with Crippen LogP contribution in [0.15, 0.2) is 0 Å². The molecule has 0 spiro atoms. The van der Waals surface area contributed by atoms with E-state index >= 15 is 0 Å². The predicted octanol–water partition coefficient (Wildman–Crippen LogP) is -2.42. The van der Waals surface area contributed by atoms with E-state index in [0.29, 0.717) is 6.41 Å². The van der Waals surface area contributed by atoms with E-state index in [4.69, 9.17) is 9.47 Å². The topological polar surface area (TPSA) is 108 Å². The summed E-state index contributed by atoms with van der Waals surface area (Å²) in [6, 6.07) is 0. The number of ether oxygens (including phenoxy) is 2. The zero-order valence-corrected chi connectivity index (χ0v) is 8.94. The smallest absolute Gasteiger partial charge is 0.207 e. The van der Waals surface area contributed by atoms with E-state index in [1.54, 1.807) is 6.92 Å². The molecule has 1 aliphatic rings. The quantitative estimate of drug-likeness (QED) is 0.312. The van der Waals surface area contributed by atoms with Crippen LogP contribution in [0.3, 0.4) is 0 Å². The second kappa shape index (κ2) is 6.12. The molecule has 1 amide bonds. The summed E-state index contributed by atoms with van der Waals surface area (Å²) < 4.78 is 10.3. The molecule has 0 radical (unpaired) electrons. The van der Waals surface area contributed by atoms with Gasteiger partial charge in [0.2, 0.25) is 6.41 Å². The van der Waals surface area contributed by atoms with E-state index in [9.17, 15) is 20.1 Å². The zero-order chi connectivity index (χ0) is 12.1. The fourth-order valence-electron chi connectivity index (χ4n) is 1.44. The second-order valence-corrected chi connectivity index (χ2v) is 3.62. The lowest BCUT2D eigenvalue weighted by atomic mass is 10.0. The molecule has 94 valence electrons. The lowest BCUT2D eigenvalue weighted by molar-refractivity contribution is -0.292. The van der Waals surface area contributed by atoms with Gasteiger partial charge in [-0.3, -0.25) is 4.79 Å². The largest absolute Gasteiger partial charge is 0.388 e. The number of aliphatic hydroxyl groups excluding tert-OH is 3. The fourth-order valence-corrected chi connectivity index (χ4v) is 1.44. The highest BCUT2D eigenvalue weighted by atomic mass is 16.7. The van der Waals surface area contributed by atoms with Gasteiger partial charge >= 0.3 is 0 Å². The molecule has 0 aliphatic carbocycles. The lowest BCUT2D eigenvalue weighted by Gasteiger charge is -2.38. The van der Waals surface area contributed by atoms with Crippen LogP contribution in [0.4, 0.5) is 0 Å². The molecule has 5 atom stereocenters. The van der Waals surface area contributed by atoms with Gasteiger partial charge in [0, 0.05) is 6.54 Å². The number of carbonyl (C=O) groups excluding carboxylic acids is 1. The molecule has 7 nitrogen and oxygen atoms in total. The fraction of sp³-hybridized carbons (Fsp3) is 0.889. The minimum absolute atomic E-state index is 0.149. The normalized spacial score (nSPS) is 39.4. The van der Waals surface area contributed by atoms with Crippen LogP contribution >= 0.6 is 0 Å². The van der Waals surface area contributed by atoms with Crippen molar-refractivity contribution >= 4 is 6.41 Å². The third kappa shape index (κ3) is 3.13. The van der Waals surface area contributed by atoms with E-state index in [2.05, 4.69) is 5.32 Å². The van der Waals surface area contributed by atoms with E-state index in [0.717, 1.165) is 0 Å². The first kappa shape index (κ1) is 13.3. The van der Waals surface area contributed by atoms with Gasteiger partial charge < -0.3 is 30.1 Å². The van der Waals surface area contributed by atoms with Crippen molar-refractivity contribution in [3.63, 3.8) is 0 Å². The van der Waals surface area contributed by atoms with Crippen molar-refractivity contribution < 1.29 is 29.6 Å². The minimum atomic E-state index is -1.30. The van der Waals surface area contributed by atoms with Crippen molar-refractivity contribution in [2.45, 2.75) is 37.6 Å². The number of hydrogen-bond acceptors (Lipinski definition) is 6. The number of rotatable bonds is 5. The van der Waals surface area contributed by atoms with E-state index in [1.807, 2.05) is 0 Å². The Morgan fingerprint density at radius 1 is 1.31 bits per heavy atom. The number of hydrogen-bond donors (Lipinski definition) is 4. The van der Waals surface area contributed by atoms with E-state index < -0.39 is 30.7 Å². The molecule has 7 heteroatoms. The number of carbonyl (C=O) groups is 1. The Balaban J connectivity index is 2.38. The van der Waals surface area contributed by atoms with Crippen molar-refractivity contribution in [3.8, 4) is 0 Å². The molecule has 1 fully saturated rings. The van der Waals surface area contributed by atoms with Gasteiger partial charge in [-0.2, -0.15) is 0 Å². The standard InChI is InChI=1S/C9H17NO6/c1-5-6(12)7(13)8(14)9(16-5)15-3-2-10-4-11/h4-9,12-14H,2-3H2,1H3,(H,10,11)/t5-,6+,7+,8-,9+/m0/s1. The maximum absolute atomic E-state index is 9.95. The average Bonchev–Trinajstić information content (AvgIpc) is 2.28. The summed E-state index contributed by atoms with van der Waals surface area (Å²) in [5.74, 6) is 0. The first-order valence-corrected chi connectivity index (χ1v) is 5.06. The molecule has 0 unspecified atom stereocenters. The Kier molecular flexibility index (Phi) is 5.10. The highest BCUT2D eigenvalue weighted by Gasteiger charge is 2.42. The van der Waals surface area contributed by atoms with Gasteiger partial charge in [0.15, 0.2) is 6.29 Å². The molecule has 0 bridgehead atoms. The number of amides is 1. The molecule has 16 heavy (non-hydrogen) atoms. The van der Waals surface area contributed by atoms with Crippen LogP contribution < -0.4 is 5.32 Å². The van der Waals surface area contributed by atoms with Gasteiger partial charge in [-0.1, -0.05) is 0 Å². The molecule has 1 aliphatic heterocycles. The number of nitrogens with one attached hydrogen (secondary N) is 1. The Morgan fingerprint density at radius 3 is 2.62 bits per heavy atom. The maximum Gasteiger partial charge on any atom is 0.207 e. The van der Waals surface area contributed by atoms with Crippen LogP contribution in [0.5, 0.6) is 0 Å². The lowest BCUT2D eigenvalue weighted by Crippen LogP contribution is -2.57. The van der Waals surface area contributed by atoms with Crippen LogP contribution in [-0.2, 0) is 14.3 Å². The SMILES string of the molecule is C[C@@H]1O[C@@H](OCCNC=O)[C@@H](O)[C@H](O)[C@@H]1O. The first-order chi connectivity index (χ1) is 7.57. The molecule has 0 aromatic rings. The number of aliphatic hydroxyl groups is 3. The molecule has 1 rings (SSSR count). The summed E-state index contributed by atoms with van der Waals surface area (Å²) in [5.41, 5.74) is 0. The van der Waals surface area contributed by atoms with Crippen LogP contribution in [-0.4, -0.2) is 65.6 Å². The predicted molar refractivity (Wildman–Crippen MR) is 52.4 cm³/mol. The Morgan fingerprint density at radius 2 is 2.00 bits per heavy atom. The minimum Gasteiger partial charge on any atom is -0.388 e. The van der Waals surface area contributed by atoms with Crippen LogP contribution in [0, 0.1) is 0 Å². The summed E-state index contributed by atoms with van der Waals surface area (Å²) >= 11 is 0. The third-order valence-electron chi connectivity index (χ3n) is 2.42. The molecule has 1 heterocycles. The first-order valence-electron chi connectivity index (χ1n) is 5.06.